The van der Waals surface area contributed by atoms with Crippen LogP contribution in [0.25, 0.3) is 0 Å². The molecule has 4 nitrogen and oxygen atoms in total. The molecule has 0 saturated carbocycles. The number of thioether (sulfide) groups is 1. The van der Waals surface area contributed by atoms with E-state index in [2.05, 4.69) is 12.2 Å². The van der Waals surface area contributed by atoms with Crippen molar-refractivity contribution in [2.24, 2.45) is 0 Å². The van der Waals surface area contributed by atoms with Crippen molar-refractivity contribution in [1.82, 2.24) is 10.2 Å². The van der Waals surface area contributed by atoms with E-state index in [0.29, 0.717) is 44.4 Å². The van der Waals surface area contributed by atoms with Crippen LogP contribution in [0.2, 0.25) is 20.1 Å². The van der Waals surface area contributed by atoms with Crippen LogP contribution in [0, 0.1) is 0 Å². The maximum absolute atomic E-state index is 13.3. The van der Waals surface area contributed by atoms with Gasteiger partial charge in [-0.2, -0.15) is 0 Å². The number of nitrogens with one attached hydrogen (secondary N) is 1. The molecule has 0 aliphatic carbocycles. The first-order valence-electron chi connectivity index (χ1n) is 10.8. The van der Waals surface area contributed by atoms with Crippen molar-refractivity contribution in [3.63, 3.8) is 0 Å². The Bertz CT molecular complexity index is 938. The van der Waals surface area contributed by atoms with E-state index in [1.807, 2.05) is 13.0 Å². The molecule has 0 radical (unpaired) electrons. The number of carbonyl (C=O) groups excluding carboxylic acids is 2. The van der Waals surface area contributed by atoms with E-state index >= 15 is 0 Å². The molecule has 2 aromatic carbocycles. The SMILES string of the molecule is CCCCNC(=O)[C@@H](CC)N(Cc1c(Cl)cccc1Cl)C(=O)CSCc1ccc(Cl)cc1Cl. The molecule has 9 heteroatoms. The molecule has 1 atom stereocenters. The van der Waals surface area contributed by atoms with E-state index in [-0.39, 0.29) is 24.1 Å². The van der Waals surface area contributed by atoms with Crippen LogP contribution in [-0.4, -0.2) is 35.1 Å². The predicted octanol–water partition coefficient (Wildman–Crippen LogP) is 7.26. The van der Waals surface area contributed by atoms with Gasteiger partial charge in [0.15, 0.2) is 0 Å². The zero-order chi connectivity index (χ0) is 24.4. The minimum Gasteiger partial charge on any atom is -0.354 e. The minimum absolute atomic E-state index is 0.152. The van der Waals surface area contributed by atoms with Gasteiger partial charge in [0.05, 0.1) is 5.75 Å². The summed E-state index contributed by atoms with van der Waals surface area (Å²) in [5.41, 5.74) is 1.52. The molecule has 0 saturated heterocycles. The van der Waals surface area contributed by atoms with Gasteiger partial charge in [0, 0.05) is 44.5 Å². The normalized spacial score (nSPS) is 11.8. The number of unbranched alkanes of at least 4 members (excludes halogenated alkanes) is 1. The highest BCUT2D eigenvalue weighted by molar-refractivity contribution is 7.99. The number of hydrogen-bond acceptors (Lipinski definition) is 3. The van der Waals surface area contributed by atoms with E-state index in [1.165, 1.54) is 11.8 Å². The third kappa shape index (κ3) is 8.56. The van der Waals surface area contributed by atoms with Gasteiger partial charge in [-0.3, -0.25) is 9.59 Å². The number of benzene rings is 2. The largest absolute Gasteiger partial charge is 0.354 e. The molecule has 0 heterocycles. The first kappa shape index (κ1) is 28.1. The number of halogens is 4. The fourth-order valence-corrected chi connectivity index (χ4v) is 5.24. The molecular formula is C24H28Cl4N2O2S. The Labute approximate surface area is 220 Å². The summed E-state index contributed by atoms with van der Waals surface area (Å²) < 4.78 is 0. The van der Waals surface area contributed by atoms with Gasteiger partial charge in [0.2, 0.25) is 11.8 Å². The van der Waals surface area contributed by atoms with Gasteiger partial charge in [0.25, 0.3) is 0 Å². The molecule has 2 rings (SSSR count). The van der Waals surface area contributed by atoms with Crippen molar-refractivity contribution in [2.75, 3.05) is 12.3 Å². The molecule has 0 aliphatic rings. The summed E-state index contributed by atoms with van der Waals surface area (Å²) in [5.74, 6) is 0.383. The lowest BCUT2D eigenvalue weighted by atomic mass is 10.1. The molecule has 0 unspecified atom stereocenters. The van der Waals surface area contributed by atoms with E-state index < -0.39 is 6.04 Å². The van der Waals surface area contributed by atoms with E-state index in [1.54, 1.807) is 35.2 Å². The van der Waals surface area contributed by atoms with E-state index in [9.17, 15) is 9.59 Å². The summed E-state index contributed by atoms with van der Waals surface area (Å²) in [6.07, 6.45) is 2.32. The summed E-state index contributed by atoms with van der Waals surface area (Å²) in [5, 5.41) is 4.99. The van der Waals surface area contributed by atoms with Crippen LogP contribution < -0.4 is 5.32 Å². The Morgan fingerprint density at radius 1 is 1.03 bits per heavy atom. The van der Waals surface area contributed by atoms with Crippen molar-refractivity contribution < 1.29 is 9.59 Å². The van der Waals surface area contributed by atoms with Crippen LogP contribution in [0.4, 0.5) is 0 Å². The van der Waals surface area contributed by atoms with Crippen molar-refractivity contribution in [1.29, 1.82) is 0 Å². The van der Waals surface area contributed by atoms with Gasteiger partial charge >= 0.3 is 0 Å². The molecule has 0 aliphatic heterocycles. The third-order valence-corrected chi connectivity index (χ3v) is 7.37. The topological polar surface area (TPSA) is 49.4 Å². The van der Waals surface area contributed by atoms with E-state index in [0.717, 1.165) is 18.4 Å². The van der Waals surface area contributed by atoms with Gasteiger partial charge in [-0.05, 0) is 42.7 Å². The number of hydrogen-bond donors (Lipinski definition) is 1. The highest BCUT2D eigenvalue weighted by atomic mass is 35.5. The lowest BCUT2D eigenvalue weighted by Gasteiger charge is -2.31. The van der Waals surface area contributed by atoms with Crippen molar-refractivity contribution >= 4 is 70.0 Å². The second kappa shape index (κ2) is 14.3. The quantitative estimate of drug-likeness (QED) is 0.283. The predicted molar refractivity (Wildman–Crippen MR) is 142 cm³/mol. The van der Waals surface area contributed by atoms with Crippen molar-refractivity contribution in [3.05, 3.63) is 67.6 Å². The fourth-order valence-electron chi connectivity index (χ4n) is 3.25. The molecule has 2 aromatic rings. The monoisotopic (exact) mass is 548 g/mol. The number of nitrogens with zero attached hydrogens (tertiary/aromatic N) is 1. The molecule has 33 heavy (non-hydrogen) atoms. The zero-order valence-electron chi connectivity index (χ0n) is 18.7. The first-order chi connectivity index (χ1) is 15.8. The summed E-state index contributed by atoms with van der Waals surface area (Å²) in [4.78, 5) is 27.8. The summed E-state index contributed by atoms with van der Waals surface area (Å²) in [7, 11) is 0. The maximum Gasteiger partial charge on any atom is 0.242 e. The Balaban J connectivity index is 2.18. The zero-order valence-corrected chi connectivity index (χ0v) is 22.5. The number of amides is 2. The lowest BCUT2D eigenvalue weighted by Crippen LogP contribution is -2.49. The molecule has 0 aromatic heterocycles. The van der Waals surface area contributed by atoms with Crippen LogP contribution in [0.1, 0.15) is 44.2 Å². The average Bonchev–Trinajstić information content (AvgIpc) is 2.77. The Morgan fingerprint density at radius 3 is 2.33 bits per heavy atom. The van der Waals surface area contributed by atoms with Crippen LogP contribution in [0.5, 0.6) is 0 Å². The van der Waals surface area contributed by atoms with Gasteiger partial charge in [-0.15, -0.1) is 11.8 Å². The van der Waals surface area contributed by atoms with Crippen LogP contribution in [0.3, 0.4) is 0 Å². The number of carbonyl (C=O) groups is 2. The summed E-state index contributed by atoms with van der Waals surface area (Å²) >= 11 is 26.4. The van der Waals surface area contributed by atoms with Gasteiger partial charge in [-0.25, -0.2) is 0 Å². The van der Waals surface area contributed by atoms with Crippen molar-refractivity contribution in [2.45, 2.75) is 51.4 Å². The van der Waals surface area contributed by atoms with Crippen LogP contribution >= 0.6 is 58.2 Å². The van der Waals surface area contributed by atoms with E-state index in [4.69, 9.17) is 46.4 Å². The Kier molecular flexibility index (Phi) is 12.2. The Hall–Kier alpha value is -1.11. The molecule has 0 spiro atoms. The Morgan fingerprint density at radius 2 is 1.73 bits per heavy atom. The summed E-state index contributed by atoms with van der Waals surface area (Å²) in [6, 6.07) is 9.88. The molecule has 2 amide bonds. The van der Waals surface area contributed by atoms with Gasteiger partial charge in [-0.1, -0.05) is 78.8 Å². The molecular weight excluding hydrogens is 522 g/mol. The number of rotatable bonds is 12. The van der Waals surface area contributed by atoms with Gasteiger partial charge in [0.1, 0.15) is 6.04 Å². The molecule has 1 N–H and O–H groups in total. The van der Waals surface area contributed by atoms with Crippen LogP contribution in [0.15, 0.2) is 36.4 Å². The standard InChI is InChI=1S/C24H28Cl4N2O2S/c1-3-5-11-29-24(32)22(4-2)30(13-18-19(26)7-6-8-20(18)27)23(31)15-33-14-16-9-10-17(25)12-21(16)28/h6-10,12,22H,3-5,11,13-15H2,1-2H3,(H,29,32)/t22-/m1/s1. The van der Waals surface area contributed by atoms with Crippen molar-refractivity contribution in [3.8, 4) is 0 Å². The molecule has 0 bridgehead atoms. The minimum atomic E-state index is -0.624. The van der Waals surface area contributed by atoms with Crippen LogP contribution in [-0.2, 0) is 21.9 Å². The molecule has 0 fully saturated rings. The maximum atomic E-state index is 13.3. The average molecular weight is 550 g/mol. The second-order valence-electron chi connectivity index (χ2n) is 7.52. The highest BCUT2D eigenvalue weighted by Gasteiger charge is 2.29. The first-order valence-corrected chi connectivity index (χ1v) is 13.5. The third-order valence-electron chi connectivity index (χ3n) is 5.10. The second-order valence-corrected chi connectivity index (χ2v) is 10.2. The smallest absolute Gasteiger partial charge is 0.242 e. The van der Waals surface area contributed by atoms with Gasteiger partial charge < -0.3 is 10.2 Å². The highest BCUT2D eigenvalue weighted by Crippen LogP contribution is 2.28. The fraction of sp³-hybridized carbons (Fsp3) is 0.417. The lowest BCUT2D eigenvalue weighted by molar-refractivity contribution is -0.139. The summed E-state index contributed by atoms with van der Waals surface area (Å²) in [6.45, 7) is 4.67. The molecule has 180 valence electrons.